The third kappa shape index (κ3) is 6.35. The number of hydrogen-bond acceptors (Lipinski definition) is 4. The van der Waals surface area contributed by atoms with Crippen LogP contribution in [0.3, 0.4) is 0 Å². The Labute approximate surface area is 191 Å². The molecule has 8 heteroatoms. The van der Waals surface area contributed by atoms with Crippen LogP contribution in [0.4, 0.5) is 13.2 Å². The zero-order chi connectivity index (χ0) is 24.2. The number of nitrogens with zero attached hydrogens (tertiary/aromatic N) is 2. The fourth-order valence-corrected chi connectivity index (χ4v) is 4.09. The predicted octanol–water partition coefficient (Wildman–Crippen LogP) is 5.71. The molecule has 0 saturated carbocycles. The van der Waals surface area contributed by atoms with Crippen molar-refractivity contribution in [2.45, 2.75) is 52.1 Å². The Balaban J connectivity index is 2.05. The van der Waals surface area contributed by atoms with Gasteiger partial charge >= 0.3 is 12.1 Å². The van der Waals surface area contributed by atoms with Crippen LogP contribution in [-0.4, -0.2) is 46.1 Å². The van der Waals surface area contributed by atoms with Crippen molar-refractivity contribution in [3.63, 3.8) is 0 Å². The Bertz CT molecular complexity index is 1020. The first kappa shape index (κ1) is 24.8. The molecule has 1 unspecified atom stereocenters. The zero-order valence-corrected chi connectivity index (χ0v) is 18.8. The lowest BCUT2D eigenvalue weighted by molar-refractivity contribution is -0.132. The molecule has 5 nitrogen and oxygen atoms in total. The van der Waals surface area contributed by atoms with E-state index in [0.717, 1.165) is 22.5 Å². The Morgan fingerprint density at radius 1 is 1.27 bits per heavy atom. The number of aliphatic imine (C=N–C) groups is 1. The molecular weight excluding hydrogens is 433 g/mol. The maximum absolute atomic E-state index is 12.7. The summed E-state index contributed by atoms with van der Waals surface area (Å²) in [7, 11) is 0. The average molecular weight is 463 g/mol. The second kappa shape index (κ2) is 10.4. The van der Waals surface area contributed by atoms with Crippen molar-refractivity contribution in [3.8, 4) is 0 Å². The average Bonchev–Trinajstić information content (AvgIpc) is 2.90. The van der Waals surface area contributed by atoms with Crippen LogP contribution < -0.4 is 0 Å². The lowest BCUT2D eigenvalue weighted by atomic mass is 9.96. The third-order valence-electron chi connectivity index (χ3n) is 5.75. The molecule has 2 aliphatic rings. The van der Waals surface area contributed by atoms with Crippen LogP contribution in [0.2, 0.25) is 0 Å². The molecule has 0 aliphatic carbocycles. The maximum Gasteiger partial charge on any atom is 0.390 e. The van der Waals surface area contributed by atoms with E-state index in [0.29, 0.717) is 37.0 Å². The van der Waals surface area contributed by atoms with Gasteiger partial charge in [-0.2, -0.15) is 13.2 Å². The van der Waals surface area contributed by atoms with Crippen LogP contribution in [0.1, 0.15) is 60.5 Å². The van der Waals surface area contributed by atoms with Crippen LogP contribution in [-0.2, 0) is 0 Å². The third-order valence-corrected chi connectivity index (χ3v) is 5.75. The number of carbonyl (C=O) groups is 1. The number of carboxylic acids is 1. The molecule has 2 N–H and O–H groups in total. The number of aryl methyl sites for hydroxylation is 1. The van der Waals surface area contributed by atoms with Crippen molar-refractivity contribution in [1.82, 2.24) is 4.90 Å². The second-order valence-electron chi connectivity index (χ2n) is 8.54. The van der Waals surface area contributed by atoms with E-state index in [1.807, 2.05) is 23.2 Å². The molecule has 2 heterocycles. The van der Waals surface area contributed by atoms with E-state index in [1.54, 1.807) is 19.1 Å². The lowest BCUT2D eigenvalue weighted by Gasteiger charge is -2.33. The molecule has 0 bridgehead atoms. The van der Waals surface area contributed by atoms with Gasteiger partial charge in [-0.05, 0) is 60.9 Å². The summed E-state index contributed by atoms with van der Waals surface area (Å²) in [5, 5.41) is 18.6. The van der Waals surface area contributed by atoms with Gasteiger partial charge in [0.2, 0.25) is 0 Å². The van der Waals surface area contributed by atoms with Crippen molar-refractivity contribution < 1.29 is 28.2 Å². The first-order valence-electron chi connectivity index (χ1n) is 11.1. The molecule has 3 rings (SSSR count). The normalized spacial score (nSPS) is 20.1. The quantitative estimate of drug-likeness (QED) is 0.544. The highest BCUT2D eigenvalue weighted by Gasteiger charge is 2.29. The van der Waals surface area contributed by atoms with E-state index >= 15 is 0 Å². The summed E-state index contributed by atoms with van der Waals surface area (Å²) >= 11 is 0. The van der Waals surface area contributed by atoms with Gasteiger partial charge in [0.25, 0.3) is 0 Å². The van der Waals surface area contributed by atoms with Crippen molar-refractivity contribution in [2.24, 2.45) is 10.9 Å². The molecule has 0 fully saturated rings. The summed E-state index contributed by atoms with van der Waals surface area (Å²) in [6.45, 7) is 3.49. The molecular formula is C25H29F3N2O3. The topological polar surface area (TPSA) is 73.1 Å². The minimum absolute atomic E-state index is 0.0240. The highest BCUT2D eigenvalue weighted by atomic mass is 19.4. The van der Waals surface area contributed by atoms with Gasteiger partial charge in [-0.1, -0.05) is 25.1 Å². The molecule has 0 aromatic heterocycles. The van der Waals surface area contributed by atoms with Crippen molar-refractivity contribution in [3.05, 3.63) is 64.5 Å². The predicted molar refractivity (Wildman–Crippen MR) is 122 cm³/mol. The van der Waals surface area contributed by atoms with Gasteiger partial charge in [-0.25, -0.2) is 4.79 Å². The van der Waals surface area contributed by atoms with E-state index < -0.39 is 18.6 Å². The molecule has 1 atom stereocenters. The smallest absolute Gasteiger partial charge is 0.390 e. The number of aliphatic hydroxyl groups is 1. The van der Waals surface area contributed by atoms with E-state index in [4.69, 9.17) is 0 Å². The van der Waals surface area contributed by atoms with Crippen LogP contribution in [0.15, 0.2) is 52.8 Å². The molecule has 0 saturated heterocycles. The number of aromatic carboxylic acids is 1. The van der Waals surface area contributed by atoms with Gasteiger partial charge in [-0.3, -0.25) is 4.99 Å². The van der Waals surface area contributed by atoms with Gasteiger partial charge in [0.1, 0.15) is 0 Å². The first-order valence-corrected chi connectivity index (χ1v) is 11.1. The highest BCUT2D eigenvalue weighted by Crippen LogP contribution is 2.37. The minimum atomic E-state index is -4.27. The first-order chi connectivity index (χ1) is 15.6. The van der Waals surface area contributed by atoms with Crippen molar-refractivity contribution in [1.29, 1.82) is 0 Å². The molecule has 33 heavy (non-hydrogen) atoms. The highest BCUT2D eigenvalue weighted by molar-refractivity contribution is 6.04. The fraction of sp³-hybridized carbons (Fsp3) is 0.440. The SMILES string of the molecule is Cc1cc(C2=CC(C)CC=C3C(=NCCC(F)(F)F)CC(CCCO)=CN32)ccc1C(=O)O. The van der Waals surface area contributed by atoms with E-state index in [-0.39, 0.29) is 24.6 Å². The summed E-state index contributed by atoms with van der Waals surface area (Å²) in [4.78, 5) is 17.7. The zero-order valence-electron chi connectivity index (χ0n) is 18.8. The Morgan fingerprint density at radius 3 is 2.67 bits per heavy atom. The lowest BCUT2D eigenvalue weighted by Crippen LogP contribution is -2.27. The number of alkyl halides is 3. The van der Waals surface area contributed by atoms with Crippen LogP contribution in [0.25, 0.3) is 5.70 Å². The van der Waals surface area contributed by atoms with Crippen LogP contribution in [0.5, 0.6) is 0 Å². The fourth-order valence-electron chi connectivity index (χ4n) is 4.09. The number of rotatable bonds is 7. The summed E-state index contributed by atoms with van der Waals surface area (Å²) in [6.07, 6.45) is 3.15. The summed E-state index contributed by atoms with van der Waals surface area (Å²) in [5.41, 5.74) is 4.87. The maximum atomic E-state index is 12.7. The van der Waals surface area contributed by atoms with Crippen molar-refractivity contribution in [2.75, 3.05) is 13.2 Å². The molecule has 1 aromatic rings. The van der Waals surface area contributed by atoms with Gasteiger partial charge in [0.15, 0.2) is 0 Å². The monoisotopic (exact) mass is 462 g/mol. The minimum Gasteiger partial charge on any atom is -0.478 e. The number of allylic oxidation sites excluding steroid dienone is 4. The number of benzene rings is 1. The number of halogens is 3. The molecule has 0 spiro atoms. The van der Waals surface area contributed by atoms with Crippen molar-refractivity contribution >= 4 is 17.4 Å². The summed E-state index contributed by atoms with van der Waals surface area (Å²) in [5.74, 6) is -0.825. The van der Waals surface area contributed by atoms with Crippen LogP contribution in [0, 0.1) is 12.8 Å². The number of aliphatic hydroxyl groups excluding tert-OH is 1. The van der Waals surface area contributed by atoms with Gasteiger partial charge in [-0.15, -0.1) is 0 Å². The summed E-state index contributed by atoms with van der Waals surface area (Å²) in [6, 6.07) is 5.15. The number of fused-ring (bicyclic) bond motifs is 1. The second-order valence-corrected chi connectivity index (χ2v) is 8.54. The van der Waals surface area contributed by atoms with E-state index in [9.17, 15) is 28.2 Å². The van der Waals surface area contributed by atoms with Crippen LogP contribution >= 0.6 is 0 Å². The summed E-state index contributed by atoms with van der Waals surface area (Å²) < 4.78 is 38.2. The standard InChI is InChI=1S/C25H29F3N2O3/c1-16-5-8-22-21(29-10-9-25(26,27)28)14-18(4-3-11-31)15-30(22)23(12-16)19-6-7-20(24(32)33)17(2)13-19/h6-8,12-13,15-16,31H,3-5,9-11,14H2,1-2H3,(H,32,33). The number of hydrogen-bond donors (Lipinski definition) is 2. The Kier molecular flexibility index (Phi) is 7.79. The molecule has 2 aliphatic heterocycles. The van der Waals surface area contributed by atoms with Gasteiger partial charge in [0, 0.05) is 31.5 Å². The van der Waals surface area contributed by atoms with Gasteiger partial charge < -0.3 is 15.1 Å². The molecule has 0 radical (unpaired) electrons. The van der Waals surface area contributed by atoms with E-state index in [1.165, 1.54) is 0 Å². The molecule has 178 valence electrons. The Morgan fingerprint density at radius 2 is 2.03 bits per heavy atom. The molecule has 1 aromatic carbocycles. The van der Waals surface area contributed by atoms with Gasteiger partial charge in [0.05, 0.1) is 23.4 Å². The number of carboxylic acid groups (broad SMARTS) is 1. The Hall–Kier alpha value is -2.87. The molecule has 0 amide bonds. The largest absolute Gasteiger partial charge is 0.478 e. The van der Waals surface area contributed by atoms with E-state index in [2.05, 4.69) is 18.0 Å².